The number of aliphatic hydroxyl groups excluding tert-OH is 2. The summed E-state index contributed by atoms with van der Waals surface area (Å²) in [6.45, 7) is 1.30. The largest absolute Gasteiger partial charge is 0.490 e. The fourth-order valence-electron chi connectivity index (χ4n) is 4.34. The number of nitrogens with zero attached hydrogens (tertiary/aromatic N) is 2. The molecule has 2 aromatic heterocycles. The van der Waals surface area contributed by atoms with E-state index in [1.54, 1.807) is 29.7 Å². The van der Waals surface area contributed by atoms with Crippen LogP contribution in [0.4, 0.5) is 0 Å². The van der Waals surface area contributed by atoms with Crippen LogP contribution in [-0.4, -0.2) is 50.2 Å². The summed E-state index contributed by atoms with van der Waals surface area (Å²) in [5.74, 6) is -0.249. The predicted molar refractivity (Wildman–Crippen MR) is 113 cm³/mol. The molecule has 0 fully saturated rings. The summed E-state index contributed by atoms with van der Waals surface area (Å²) in [4.78, 5) is 30.2. The van der Waals surface area contributed by atoms with Crippen LogP contribution < -0.4 is 10.3 Å². The maximum atomic E-state index is 13.2. The Bertz CT molecular complexity index is 1320. The maximum absolute atomic E-state index is 13.2. The van der Waals surface area contributed by atoms with Crippen molar-refractivity contribution in [3.63, 3.8) is 0 Å². The van der Waals surface area contributed by atoms with Gasteiger partial charge >= 0.3 is 5.97 Å². The first-order valence-electron chi connectivity index (χ1n) is 10.4. The van der Waals surface area contributed by atoms with Gasteiger partial charge in [-0.25, -0.2) is 9.78 Å². The lowest BCUT2D eigenvalue weighted by atomic mass is 9.86. The molecule has 32 heavy (non-hydrogen) atoms. The SMILES string of the molecule is CC[C@@]1(O)C(=O)OCc2c1cc1n(c2=O)Cc2cc3c(OCC(O)CO)cccc3nc2-1. The second kappa shape index (κ2) is 7.40. The van der Waals surface area contributed by atoms with E-state index in [9.17, 15) is 19.8 Å². The highest BCUT2D eigenvalue weighted by molar-refractivity contribution is 5.89. The number of benzene rings is 1. The monoisotopic (exact) mass is 438 g/mol. The number of aliphatic hydroxyl groups is 3. The molecule has 0 amide bonds. The van der Waals surface area contributed by atoms with Gasteiger partial charge in [0.25, 0.3) is 5.56 Å². The van der Waals surface area contributed by atoms with Gasteiger partial charge in [0.1, 0.15) is 25.1 Å². The van der Waals surface area contributed by atoms with E-state index in [1.165, 1.54) is 0 Å². The molecule has 0 spiro atoms. The van der Waals surface area contributed by atoms with Crippen LogP contribution in [0, 0.1) is 0 Å². The predicted octanol–water partition coefficient (Wildman–Crippen LogP) is 0.812. The summed E-state index contributed by atoms with van der Waals surface area (Å²) in [5.41, 5.74) is 0.926. The zero-order chi connectivity index (χ0) is 22.6. The van der Waals surface area contributed by atoms with Crippen LogP contribution in [0.5, 0.6) is 5.75 Å². The van der Waals surface area contributed by atoms with Crippen molar-refractivity contribution in [2.75, 3.05) is 13.2 Å². The molecule has 4 heterocycles. The standard InChI is InChI=1S/C23H22N2O7/c1-2-23(30)16-7-18-20-12(8-25(18)21(28)15(16)11-32-22(23)29)6-14-17(24-20)4-3-5-19(14)31-10-13(27)9-26/h3-7,13,26-27,30H,2,8-11H2,1H3/t13?,23-/m0/s1. The third kappa shape index (κ3) is 2.93. The zero-order valence-corrected chi connectivity index (χ0v) is 17.4. The van der Waals surface area contributed by atoms with Gasteiger partial charge in [-0.15, -0.1) is 0 Å². The van der Waals surface area contributed by atoms with Crippen molar-refractivity contribution in [3.8, 4) is 17.1 Å². The van der Waals surface area contributed by atoms with Gasteiger partial charge in [0.15, 0.2) is 5.60 Å². The number of carbonyl (C=O) groups excluding carboxylic acids is 1. The van der Waals surface area contributed by atoms with Crippen molar-refractivity contribution in [2.45, 2.75) is 38.2 Å². The Morgan fingerprint density at radius 2 is 2.12 bits per heavy atom. The molecule has 0 saturated carbocycles. The molecule has 0 saturated heterocycles. The first kappa shape index (κ1) is 20.6. The number of hydrogen-bond donors (Lipinski definition) is 3. The Balaban J connectivity index is 1.65. The van der Waals surface area contributed by atoms with Gasteiger partial charge in [-0.2, -0.15) is 0 Å². The third-order valence-corrected chi connectivity index (χ3v) is 6.15. The van der Waals surface area contributed by atoms with E-state index >= 15 is 0 Å². The Labute approximate surface area is 182 Å². The van der Waals surface area contributed by atoms with Crippen molar-refractivity contribution in [2.24, 2.45) is 0 Å². The average Bonchev–Trinajstić information content (AvgIpc) is 3.16. The second-order valence-corrected chi connectivity index (χ2v) is 8.07. The average molecular weight is 438 g/mol. The van der Waals surface area contributed by atoms with Crippen LogP contribution >= 0.6 is 0 Å². The summed E-state index contributed by atoms with van der Waals surface area (Å²) in [6, 6.07) is 8.88. The molecular weight excluding hydrogens is 416 g/mol. The minimum Gasteiger partial charge on any atom is -0.490 e. The number of cyclic esters (lactones) is 1. The summed E-state index contributed by atoms with van der Waals surface area (Å²) < 4.78 is 12.3. The second-order valence-electron chi connectivity index (χ2n) is 8.07. The molecule has 2 aliphatic rings. The Morgan fingerprint density at radius 1 is 1.31 bits per heavy atom. The van der Waals surface area contributed by atoms with Crippen LogP contribution in [0.2, 0.25) is 0 Å². The van der Waals surface area contributed by atoms with E-state index in [-0.39, 0.29) is 42.9 Å². The Hall–Kier alpha value is -3.27. The van der Waals surface area contributed by atoms with E-state index in [0.29, 0.717) is 28.0 Å². The van der Waals surface area contributed by atoms with Gasteiger partial charge in [-0.3, -0.25) is 4.79 Å². The number of esters is 1. The summed E-state index contributed by atoms with van der Waals surface area (Å²) in [7, 11) is 0. The van der Waals surface area contributed by atoms with E-state index in [4.69, 9.17) is 19.6 Å². The van der Waals surface area contributed by atoms with Gasteiger partial charge in [0, 0.05) is 16.5 Å². The van der Waals surface area contributed by atoms with Gasteiger partial charge in [-0.05, 0) is 30.7 Å². The maximum Gasteiger partial charge on any atom is 0.343 e. The molecule has 9 heteroatoms. The van der Waals surface area contributed by atoms with E-state index in [1.807, 2.05) is 12.1 Å². The normalized spacial score (nSPS) is 19.8. The minimum atomic E-state index is -1.86. The van der Waals surface area contributed by atoms with E-state index in [0.717, 1.165) is 5.56 Å². The molecule has 0 radical (unpaired) electrons. The number of ether oxygens (including phenoxy) is 2. The smallest absolute Gasteiger partial charge is 0.343 e. The lowest BCUT2D eigenvalue weighted by Gasteiger charge is -2.31. The molecule has 0 aliphatic carbocycles. The quantitative estimate of drug-likeness (QED) is 0.390. The van der Waals surface area contributed by atoms with Crippen LogP contribution in [-0.2, 0) is 28.3 Å². The summed E-state index contributed by atoms with van der Waals surface area (Å²) >= 11 is 0. The molecular formula is C23H22N2O7. The first-order valence-corrected chi connectivity index (χ1v) is 10.4. The number of carbonyl (C=O) groups is 1. The Morgan fingerprint density at radius 3 is 2.88 bits per heavy atom. The molecule has 2 atom stereocenters. The van der Waals surface area contributed by atoms with E-state index in [2.05, 4.69) is 0 Å². The highest BCUT2D eigenvalue weighted by atomic mass is 16.6. The molecule has 166 valence electrons. The molecule has 2 aliphatic heterocycles. The number of fused-ring (bicyclic) bond motifs is 5. The van der Waals surface area contributed by atoms with Crippen molar-refractivity contribution >= 4 is 16.9 Å². The number of hydrogen-bond acceptors (Lipinski definition) is 8. The van der Waals surface area contributed by atoms with Crippen LogP contribution in [0.15, 0.2) is 35.1 Å². The topological polar surface area (TPSA) is 131 Å². The highest BCUT2D eigenvalue weighted by Crippen LogP contribution is 2.39. The van der Waals surface area contributed by atoms with Crippen molar-refractivity contribution in [1.29, 1.82) is 0 Å². The zero-order valence-electron chi connectivity index (χ0n) is 17.4. The van der Waals surface area contributed by atoms with Crippen molar-refractivity contribution in [1.82, 2.24) is 9.55 Å². The van der Waals surface area contributed by atoms with Crippen molar-refractivity contribution in [3.05, 3.63) is 57.4 Å². The van der Waals surface area contributed by atoms with Crippen molar-refractivity contribution < 1.29 is 29.6 Å². The van der Waals surface area contributed by atoms with Crippen LogP contribution in [0.25, 0.3) is 22.3 Å². The number of pyridine rings is 2. The third-order valence-electron chi connectivity index (χ3n) is 6.15. The van der Waals surface area contributed by atoms with Gasteiger partial charge in [0.2, 0.25) is 0 Å². The molecule has 3 N–H and O–H groups in total. The molecule has 5 rings (SSSR count). The fraction of sp³-hybridized carbons (Fsp3) is 0.348. The van der Waals surface area contributed by atoms with Gasteiger partial charge < -0.3 is 29.4 Å². The first-order chi connectivity index (χ1) is 15.4. The number of aromatic nitrogens is 2. The number of rotatable bonds is 5. The molecule has 3 aromatic rings. The molecule has 9 nitrogen and oxygen atoms in total. The van der Waals surface area contributed by atoms with Gasteiger partial charge in [-0.1, -0.05) is 13.0 Å². The molecule has 0 bridgehead atoms. The summed E-state index contributed by atoms with van der Waals surface area (Å²) in [6.07, 6.45) is -0.913. The minimum absolute atomic E-state index is 0.0667. The van der Waals surface area contributed by atoms with Crippen LogP contribution in [0.3, 0.4) is 0 Å². The fourth-order valence-corrected chi connectivity index (χ4v) is 4.34. The molecule has 1 unspecified atom stereocenters. The Kier molecular flexibility index (Phi) is 4.77. The highest BCUT2D eigenvalue weighted by Gasteiger charge is 2.45. The van der Waals surface area contributed by atoms with E-state index < -0.39 is 24.3 Å². The molecule has 1 aromatic carbocycles. The lowest BCUT2D eigenvalue weighted by molar-refractivity contribution is -0.172. The lowest BCUT2D eigenvalue weighted by Crippen LogP contribution is -2.44. The van der Waals surface area contributed by atoms with Gasteiger partial charge in [0.05, 0.1) is 35.6 Å². The summed E-state index contributed by atoms with van der Waals surface area (Å²) in [5, 5.41) is 30.3. The van der Waals surface area contributed by atoms with Crippen LogP contribution in [0.1, 0.15) is 30.0 Å².